The Hall–Kier alpha value is -1.36. The van der Waals surface area contributed by atoms with E-state index in [0.29, 0.717) is 5.82 Å². The van der Waals surface area contributed by atoms with Crippen LogP contribution in [0.2, 0.25) is 0 Å². The van der Waals surface area contributed by atoms with E-state index in [1.165, 1.54) is 6.34 Å². The standard InChI is InChI=1S/C6H10N4O/c1-2-10-6(3-4-8-10)7-5-9-11/h3-5,11H,2H2,1H3,(H,7,9). The monoisotopic (exact) mass is 154 g/mol. The molecule has 0 saturated heterocycles. The first-order valence-electron chi connectivity index (χ1n) is 3.32. The van der Waals surface area contributed by atoms with Crippen molar-refractivity contribution in [1.82, 2.24) is 15.3 Å². The Balaban J connectivity index is 2.76. The van der Waals surface area contributed by atoms with Crippen molar-refractivity contribution in [2.75, 3.05) is 0 Å². The summed E-state index contributed by atoms with van der Waals surface area (Å²) in [5, 5.41) is 12.2. The number of rotatable bonds is 3. The number of hydrogen-bond acceptors (Lipinski definition) is 3. The number of nitrogens with zero attached hydrogens (tertiary/aromatic N) is 3. The smallest absolute Gasteiger partial charge is 0.152 e. The zero-order valence-corrected chi connectivity index (χ0v) is 6.23. The van der Waals surface area contributed by atoms with Crippen molar-refractivity contribution in [3.63, 3.8) is 0 Å². The Bertz CT molecular complexity index is 242. The lowest BCUT2D eigenvalue weighted by Crippen LogP contribution is -2.02. The maximum Gasteiger partial charge on any atom is 0.152 e. The van der Waals surface area contributed by atoms with Gasteiger partial charge in [-0.3, -0.25) is 10.7 Å². The predicted octanol–water partition coefficient (Wildman–Crippen LogP) is 0.542. The highest BCUT2D eigenvalue weighted by Crippen LogP contribution is 2.08. The Morgan fingerprint density at radius 1 is 1.91 bits per heavy atom. The van der Waals surface area contributed by atoms with E-state index in [0.717, 1.165) is 6.54 Å². The third kappa shape index (κ3) is 1.78. The van der Waals surface area contributed by atoms with Gasteiger partial charge < -0.3 is 0 Å². The Morgan fingerprint density at radius 2 is 2.73 bits per heavy atom. The molecule has 0 radical (unpaired) electrons. The average molecular weight is 154 g/mol. The first kappa shape index (κ1) is 7.74. The average Bonchev–Trinajstić information content (AvgIpc) is 2.47. The fraction of sp³-hybridized carbons (Fsp3) is 0.333. The highest BCUT2D eigenvalue weighted by atomic mass is 16.5. The number of aliphatic imine (C=N–C) groups is 1. The first-order chi connectivity index (χ1) is 5.38. The summed E-state index contributed by atoms with van der Waals surface area (Å²) in [7, 11) is 0. The van der Waals surface area contributed by atoms with Crippen LogP contribution in [0.4, 0.5) is 5.82 Å². The van der Waals surface area contributed by atoms with Gasteiger partial charge in [-0.2, -0.15) is 5.10 Å². The lowest BCUT2D eigenvalue weighted by atomic mass is 10.6. The van der Waals surface area contributed by atoms with E-state index in [4.69, 9.17) is 5.21 Å². The summed E-state index contributed by atoms with van der Waals surface area (Å²) in [5.41, 5.74) is 1.82. The summed E-state index contributed by atoms with van der Waals surface area (Å²) in [6.45, 7) is 2.74. The molecular formula is C6H10N4O. The predicted molar refractivity (Wildman–Crippen MR) is 41.0 cm³/mol. The number of nitrogens with one attached hydrogen (secondary N) is 1. The molecular weight excluding hydrogens is 144 g/mol. The van der Waals surface area contributed by atoms with Gasteiger partial charge in [-0.15, -0.1) is 0 Å². The molecule has 0 aliphatic heterocycles. The molecule has 11 heavy (non-hydrogen) atoms. The summed E-state index contributed by atoms with van der Waals surface area (Å²) >= 11 is 0. The van der Waals surface area contributed by atoms with E-state index in [2.05, 4.69) is 10.1 Å². The zero-order valence-electron chi connectivity index (χ0n) is 6.23. The number of aromatic nitrogens is 2. The van der Waals surface area contributed by atoms with Gasteiger partial charge in [-0.25, -0.2) is 9.67 Å². The molecule has 0 atom stereocenters. The summed E-state index contributed by atoms with van der Waals surface area (Å²) in [6, 6.07) is 1.76. The van der Waals surface area contributed by atoms with Crippen molar-refractivity contribution in [3.8, 4) is 0 Å². The van der Waals surface area contributed by atoms with Gasteiger partial charge in [0.15, 0.2) is 5.82 Å². The van der Waals surface area contributed by atoms with Gasteiger partial charge in [0.05, 0.1) is 6.20 Å². The van der Waals surface area contributed by atoms with Gasteiger partial charge in [-0.1, -0.05) is 0 Å². The molecule has 1 rings (SSSR count). The van der Waals surface area contributed by atoms with E-state index in [1.54, 1.807) is 16.9 Å². The maximum atomic E-state index is 8.20. The van der Waals surface area contributed by atoms with Gasteiger partial charge in [-0.05, 0) is 6.92 Å². The molecule has 0 bridgehead atoms. The van der Waals surface area contributed by atoms with Crippen LogP contribution in [0.5, 0.6) is 0 Å². The van der Waals surface area contributed by atoms with Crippen molar-refractivity contribution in [2.24, 2.45) is 4.99 Å². The van der Waals surface area contributed by atoms with Crippen molar-refractivity contribution < 1.29 is 5.21 Å². The van der Waals surface area contributed by atoms with Crippen molar-refractivity contribution in [2.45, 2.75) is 13.5 Å². The zero-order chi connectivity index (χ0) is 8.10. The highest BCUT2D eigenvalue weighted by Gasteiger charge is 1.94. The minimum atomic E-state index is 0.717. The fourth-order valence-corrected chi connectivity index (χ4v) is 0.774. The van der Waals surface area contributed by atoms with Gasteiger partial charge in [0.2, 0.25) is 0 Å². The molecule has 0 spiro atoms. The van der Waals surface area contributed by atoms with Crippen molar-refractivity contribution in [1.29, 1.82) is 0 Å². The van der Waals surface area contributed by atoms with Crippen LogP contribution >= 0.6 is 0 Å². The topological polar surface area (TPSA) is 62.4 Å². The minimum Gasteiger partial charge on any atom is -0.290 e. The van der Waals surface area contributed by atoms with Crippen molar-refractivity contribution >= 4 is 12.2 Å². The fourth-order valence-electron chi connectivity index (χ4n) is 0.774. The minimum absolute atomic E-state index is 0.717. The Labute approximate surface area is 64.3 Å². The molecule has 0 aliphatic rings. The van der Waals surface area contributed by atoms with E-state index in [-0.39, 0.29) is 0 Å². The highest BCUT2D eigenvalue weighted by molar-refractivity contribution is 5.57. The van der Waals surface area contributed by atoms with Crippen LogP contribution in [-0.4, -0.2) is 21.3 Å². The summed E-state index contributed by atoms with van der Waals surface area (Å²) < 4.78 is 1.72. The molecule has 5 heteroatoms. The van der Waals surface area contributed by atoms with Crippen LogP contribution in [0.15, 0.2) is 17.3 Å². The number of hydroxylamine groups is 1. The van der Waals surface area contributed by atoms with Crippen molar-refractivity contribution in [3.05, 3.63) is 12.3 Å². The maximum absolute atomic E-state index is 8.20. The molecule has 60 valence electrons. The second-order valence-corrected chi connectivity index (χ2v) is 1.89. The van der Waals surface area contributed by atoms with Gasteiger partial charge in [0.1, 0.15) is 6.34 Å². The summed E-state index contributed by atoms with van der Waals surface area (Å²) in [6.07, 6.45) is 2.86. The van der Waals surface area contributed by atoms with Gasteiger partial charge in [0.25, 0.3) is 0 Å². The lowest BCUT2D eigenvalue weighted by Gasteiger charge is -1.96. The quantitative estimate of drug-likeness (QED) is 0.379. The van der Waals surface area contributed by atoms with Crippen LogP contribution in [0.3, 0.4) is 0 Å². The molecule has 0 aliphatic carbocycles. The molecule has 0 fully saturated rings. The Kier molecular flexibility index (Phi) is 2.62. The van der Waals surface area contributed by atoms with E-state index in [9.17, 15) is 0 Å². The van der Waals surface area contributed by atoms with Gasteiger partial charge >= 0.3 is 0 Å². The first-order valence-corrected chi connectivity index (χ1v) is 3.32. The number of hydrogen-bond donors (Lipinski definition) is 2. The molecule has 0 saturated carbocycles. The molecule has 2 N–H and O–H groups in total. The third-order valence-corrected chi connectivity index (χ3v) is 1.25. The molecule has 0 amide bonds. The van der Waals surface area contributed by atoms with Crippen LogP contribution in [-0.2, 0) is 6.54 Å². The lowest BCUT2D eigenvalue weighted by molar-refractivity contribution is 0.240. The molecule has 1 heterocycles. The van der Waals surface area contributed by atoms with Crippen LogP contribution < -0.4 is 5.48 Å². The summed E-state index contributed by atoms with van der Waals surface area (Å²) in [5.74, 6) is 0.717. The van der Waals surface area contributed by atoms with Crippen LogP contribution in [0.25, 0.3) is 0 Å². The summed E-state index contributed by atoms with van der Waals surface area (Å²) in [4.78, 5) is 3.87. The Morgan fingerprint density at radius 3 is 3.36 bits per heavy atom. The molecule has 1 aromatic heterocycles. The molecule has 1 aromatic rings. The molecule has 0 aromatic carbocycles. The van der Waals surface area contributed by atoms with E-state index >= 15 is 0 Å². The van der Waals surface area contributed by atoms with Crippen LogP contribution in [0.1, 0.15) is 6.92 Å². The van der Waals surface area contributed by atoms with E-state index < -0.39 is 0 Å². The van der Waals surface area contributed by atoms with Crippen LogP contribution in [0, 0.1) is 0 Å². The SMILES string of the molecule is CCn1nccc1/N=C/NO. The second-order valence-electron chi connectivity index (χ2n) is 1.89. The van der Waals surface area contributed by atoms with Gasteiger partial charge in [0, 0.05) is 12.6 Å². The second kappa shape index (κ2) is 3.72. The molecule has 0 unspecified atom stereocenters. The number of aryl methyl sites for hydroxylation is 1. The third-order valence-electron chi connectivity index (χ3n) is 1.25. The molecule has 5 nitrogen and oxygen atoms in total. The van der Waals surface area contributed by atoms with E-state index in [1.807, 2.05) is 12.4 Å². The largest absolute Gasteiger partial charge is 0.290 e. The normalized spacial score (nSPS) is 10.7.